The molecule has 1 aromatic heterocycles. The Morgan fingerprint density at radius 3 is 2.67 bits per heavy atom. The van der Waals surface area contributed by atoms with Gasteiger partial charge in [0.2, 0.25) is 11.9 Å². The average Bonchev–Trinajstić information content (AvgIpc) is 2.64. The van der Waals surface area contributed by atoms with Crippen molar-refractivity contribution in [1.82, 2.24) is 19.9 Å². The predicted octanol–water partition coefficient (Wildman–Crippen LogP) is 2.57. The highest BCUT2D eigenvalue weighted by Gasteiger charge is 2.10. The number of nitrogens with two attached hydrogens (primary N) is 1. The van der Waals surface area contributed by atoms with Crippen molar-refractivity contribution in [3.8, 4) is 12.3 Å². The largest absolute Gasteiger partial charge is 0.499 e. The van der Waals surface area contributed by atoms with E-state index in [-0.39, 0.29) is 5.95 Å². The lowest BCUT2D eigenvalue weighted by Crippen LogP contribution is -2.20. The molecule has 0 radical (unpaired) electrons. The molecule has 140 valence electrons. The van der Waals surface area contributed by atoms with Gasteiger partial charge >= 0.3 is 0 Å². The molecule has 0 aliphatic heterocycles. The first-order valence-corrected chi connectivity index (χ1v) is 8.39. The van der Waals surface area contributed by atoms with Crippen LogP contribution in [0.3, 0.4) is 0 Å². The number of terminal acetylenes is 1. The molecule has 3 N–H and O–H groups in total. The second-order valence-electron chi connectivity index (χ2n) is 5.89. The van der Waals surface area contributed by atoms with Gasteiger partial charge < -0.3 is 15.8 Å². The van der Waals surface area contributed by atoms with Crippen molar-refractivity contribution in [3.05, 3.63) is 65.3 Å². The van der Waals surface area contributed by atoms with Gasteiger partial charge in [0, 0.05) is 6.54 Å². The van der Waals surface area contributed by atoms with E-state index < -0.39 is 0 Å². The van der Waals surface area contributed by atoms with Crippen molar-refractivity contribution >= 4 is 11.9 Å². The van der Waals surface area contributed by atoms with Crippen LogP contribution < -0.4 is 11.1 Å². The Kier molecular flexibility index (Phi) is 7.35. The SMILES string of the molecule is C#C/C=C\C(Nc1nc(N)nc(CN(C)Cc2ccccc2)n1)=C(/C)OC. The average molecular weight is 364 g/mol. The molecule has 0 unspecified atom stereocenters. The van der Waals surface area contributed by atoms with Gasteiger partial charge in [0.25, 0.3) is 0 Å². The van der Waals surface area contributed by atoms with E-state index in [9.17, 15) is 0 Å². The number of aromatic nitrogens is 3. The quantitative estimate of drug-likeness (QED) is 0.423. The summed E-state index contributed by atoms with van der Waals surface area (Å²) in [5.41, 5.74) is 7.71. The van der Waals surface area contributed by atoms with E-state index in [1.54, 1.807) is 19.3 Å². The van der Waals surface area contributed by atoms with Gasteiger partial charge in [-0.2, -0.15) is 15.0 Å². The number of ether oxygens (including phenoxy) is 1. The van der Waals surface area contributed by atoms with Crippen molar-refractivity contribution in [2.45, 2.75) is 20.0 Å². The fourth-order valence-corrected chi connectivity index (χ4v) is 2.37. The van der Waals surface area contributed by atoms with E-state index in [1.165, 1.54) is 5.56 Å². The molecule has 0 bridgehead atoms. The minimum absolute atomic E-state index is 0.144. The molecule has 0 fully saturated rings. The fourth-order valence-electron chi connectivity index (χ4n) is 2.37. The van der Waals surface area contributed by atoms with Gasteiger partial charge in [-0.05, 0) is 31.7 Å². The molecule has 0 aliphatic carbocycles. The molecule has 0 spiro atoms. The predicted molar refractivity (Wildman–Crippen MR) is 107 cm³/mol. The van der Waals surface area contributed by atoms with Gasteiger partial charge in [0.05, 0.1) is 19.4 Å². The molecule has 1 heterocycles. The molecule has 0 saturated heterocycles. The maximum Gasteiger partial charge on any atom is 0.232 e. The zero-order chi connectivity index (χ0) is 19.6. The number of allylic oxidation sites excluding steroid dienone is 3. The van der Waals surface area contributed by atoms with Gasteiger partial charge in [-0.3, -0.25) is 4.90 Å². The van der Waals surface area contributed by atoms with E-state index in [0.717, 1.165) is 6.54 Å². The number of hydrogen-bond donors (Lipinski definition) is 2. The van der Waals surface area contributed by atoms with Crippen LogP contribution in [0.2, 0.25) is 0 Å². The van der Waals surface area contributed by atoms with E-state index in [0.29, 0.717) is 29.8 Å². The normalized spacial score (nSPS) is 12.0. The second kappa shape index (κ2) is 9.94. The molecule has 2 aromatic rings. The maximum atomic E-state index is 5.85. The molecule has 7 heteroatoms. The Hall–Kier alpha value is -3.37. The van der Waals surface area contributed by atoms with Crippen molar-refractivity contribution in [2.75, 3.05) is 25.2 Å². The van der Waals surface area contributed by atoms with Gasteiger partial charge in [-0.15, -0.1) is 6.42 Å². The third-order valence-corrected chi connectivity index (χ3v) is 3.68. The van der Waals surface area contributed by atoms with Crippen LogP contribution >= 0.6 is 0 Å². The molecule has 0 amide bonds. The van der Waals surface area contributed by atoms with Gasteiger partial charge in [-0.25, -0.2) is 0 Å². The van der Waals surface area contributed by atoms with Gasteiger partial charge in [0.15, 0.2) is 0 Å². The number of nitrogen functional groups attached to an aromatic ring is 1. The van der Waals surface area contributed by atoms with Crippen LogP contribution in [-0.2, 0) is 17.8 Å². The van der Waals surface area contributed by atoms with Crippen LogP contribution in [0.4, 0.5) is 11.9 Å². The molecular formula is C20H24N6O. The summed E-state index contributed by atoms with van der Waals surface area (Å²) in [5, 5.41) is 3.08. The lowest BCUT2D eigenvalue weighted by atomic mass is 10.2. The van der Waals surface area contributed by atoms with E-state index in [1.807, 2.05) is 32.2 Å². The van der Waals surface area contributed by atoms with Gasteiger partial charge in [-0.1, -0.05) is 36.3 Å². The van der Waals surface area contributed by atoms with E-state index in [2.05, 4.69) is 43.2 Å². The summed E-state index contributed by atoms with van der Waals surface area (Å²) in [5.74, 6) is 4.13. The maximum absolute atomic E-state index is 5.85. The Morgan fingerprint density at radius 1 is 1.26 bits per heavy atom. The van der Waals surface area contributed by atoms with Crippen molar-refractivity contribution < 1.29 is 4.74 Å². The zero-order valence-electron chi connectivity index (χ0n) is 15.8. The monoisotopic (exact) mass is 364 g/mol. The number of nitrogens with one attached hydrogen (secondary N) is 1. The van der Waals surface area contributed by atoms with Crippen LogP contribution in [0, 0.1) is 12.3 Å². The first-order valence-electron chi connectivity index (χ1n) is 8.39. The number of methoxy groups -OCH3 is 1. The van der Waals surface area contributed by atoms with E-state index >= 15 is 0 Å². The zero-order valence-corrected chi connectivity index (χ0v) is 15.8. The van der Waals surface area contributed by atoms with Crippen molar-refractivity contribution in [1.29, 1.82) is 0 Å². The Labute approximate surface area is 160 Å². The fraction of sp³-hybridized carbons (Fsp3) is 0.250. The molecule has 27 heavy (non-hydrogen) atoms. The summed E-state index contributed by atoms with van der Waals surface area (Å²) >= 11 is 0. The lowest BCUT2D eigenvalue weighted by molar-refractivity contribution is 0.290. The van der Waals surface area contributed by atoms with Crippen LogP contribution in [0.15, 0.2) is 53.9 Å². The number of hydrogen-bond acceptors (Lipinski definition) is 7. The van der Waals surface area contributed by atoms with Crippen LogP contribution in [-0.4, -0.2) is 34.0 Å². The second-order valence-corrected chi connectivity index (χ2v) is 5.89. The Balaban J connectivity index is 2.15. The summed E-state index contributed by atoms with van der Waals surface area (Å²) in [6.45, 7) is 3.11. The lowest BCUT2D eigenvalue weighted by Gasteiger charge is -2.16. The summed E-state index contributed by atoms with van der Waals surface area (Å²) < 4.78 is 5.26. The van der Waals surface area contributed by atoms with Crippen molar-refractivity contribution in [2.24, 2.45) is 0 Å². The van der Waals surface area contributed by atoms with Crippen LogP contribution in [0.5, 0.6) is 0 Å². The minimum Gasteiger partial charge on any atom is -0.499 e. The molecule has 0 aliphatic rings. The highest BCUT2D eigenvalue weighted by Crippen LogP contribution is 2.13. The first kappa shape index (κ1) is 19.9. The van der Waals surface area contributed by atoms with Gasteiger partial charge in [0.1, 0.15) is 11.6 Å². The smallest absolute Gasteiger partial charge is 0.232 e. The number of rotatable bonds is 8. The first-order chi connectivity index (χ1) is 13.0. The third kappa shape index (κ3) is 6.45. The summed E-state index contributed by atoms with van der Waals surface area (Å²) in [7, 11) is 3.57. The van der Waals surface area contributed by atoms with Crippen molar-refractivity contribution in [3.63, 3.8) is 0 Å². The molecule has 1 aromatic carbocycles. The molecule has 0 atom stereocenters. The summed E-state index contributed by atoms with van der Waals surface area (Å²) in [4.78, 5) is 14.9. The number of anilines is 2. The number of benzene rings is 1. The summed E-state index contributed by atoms with van der Waals surface area (Å²) in [6, 6.07) is 10.2. The molecule has 0 saturated carbocycles. The molecule has 2 rings (SSSR count). The van der Waals surface area contributed by atoms with E-state index in [4.69, 9.17) is 16.9 Å². The topological polar surface area (TPSA) is 89.2 Å². The van der Waals surface area contributed by atoms with Crippen LogP contribution in [0.1, 0.15) is 18.3 Å². The number of nitrogens with zero attached hydrogens (tertiary/aromatic N) is 4. The summed E-state index contributed by atoms with van der Waals surface area (Å²) in [6.07, 6.45) is 8.55. The van der Waals surface area contributed by atoms with Crippen LogP contribution in [0.25, 0.3) is 0 Å². The molecular weight excluding hydrogens is 340 g/mol. The molecule has 7 nitrogen and oxygen atoms in total. The Bertz CT molecular complexity index is 855. The standard InChI is InChI=1S/C20H24N6O/c1-5-6-12-17(15(2)27-4)22-20-24-18(23-19(21)25-20)14-26(3)13-16-10-8-7-9-11-16/h1,6-12H,13-14H2,2-4H3,(H3,21,22,23,24,25)/b12-6-,17-15-. The third-order valence-electron chi connectivity index (χ3n) is 3.68. The Morgan fingerprint density at radius 2 is 2.00 bits per heavy atom. The highest BCUT2D eigenvalue weighted by molar-refractivity contribution is 5.44. The highest BCUT2D eigenvalue weighted by atomic mass is 16.5. The minimum atomic E-state index is 0.144.